The molecule has 30 heavy (non-hydrogen) atoms. The topological polar surface area (TPSA) is 118 Å². The molecule has 1 aliphatic heterocycles. The molecule has 0 saturated carbocycles. The fourth-order valence-corrected chi connectivity index (χ4v) is 2.71. The number of carbonyl (C=O) groups excluding carboxylic acids is 2. The second-order valence-electron chi connectivity index (χ2n) is 7.87. The van der Waals surface area contributed by atoms with Gasteiger partial charge >= 0.3 is 11.9 Å². The lowest BCUT2D eigenvalue weighted by atomic mass is 9.86. The van der Waals surface area contributed by atoms with Crippen molar-refractivity contribution in [2.24, 2.45) is 5.41 Å². The minimum Gasteiger partial charge on any atom is -0.497 e. The summed E-state index contributed by atoms with van der Waals surface area (Å²) in [6, 6.07) is 7.31. The van der Waals surface area contributed by atoms with Crippen molar-refractivity contribution < 1.29 is 33.1 Å². The molecule has 2 heterocycles. The maximum atomic E-state index is 12.4. The third kappa shape index (κ3) is 3.78. The molecule has 3 rings (SSSR count). The Balaban J connectivity index is 1.93. The third-order valence-electron chi connectivity index (χ3n) is 4.96. The van der Waals surface area contributed by atoms with Crippen molar-refractivity contribution in [3.63, 3.8) is 0 Å². The molecule has 0 amide bonds. The molecule has 2 aromatic rings. The molecule has 0 spiro atoms. The van der Waals surface area contributed by atoms with Crippen LogP contribution < -0.4 is 4.74 Å². The highest BCUT2D eigenvalue weighted by Gasteiger charge is 2.50. The smallest absolute Gasteiger partial charge is 0.349 e. The highest BCUT2D eigenvalue weighted by molar-refractivity contribution is 6.18. The number of esters is 2. The summed E-state index contributed by atoms with van der Waals surface area (Å²) < 4.78 is 21.4. The first-order chi connectivity index (χ1) is 13.9. The van der Waals surface area contributed by atoms with Gasteiger partial charge in [0.05, 0.1) is 23.7 Å². The van der Waals surface area contributed by atoms with Gasteiger partial charge < -0.3 is 18.6 Å². The van der Waals surface area contributed by atoms with Gasteiger partial charge in [-0.3, -0.25) is 10.1 Å². The van der Waals surface area contributed by atoms with E-state index >= 15 is 0 Å². The molecule has 1 fully saturated rings. The number of cyclic esters (lactones) is 2. The molecular formula is C21H21NO8. The number of benzene rings is 1. The molecule has 9 nitrogen and oxygen atoms in total. The first-order valence-electron chi connectivity index (χ1n) is 9.06. The van der Waals surface area contributed by atoms with E-state index in [9.17, 15) is 19.7 Å². The summed E-state index contributed by atoms with van der Waals surface area (Å²) in [7, 11) is 1.41. The van der Waals surface area contributed by atoms with Crippen LogP contribution in [0.1, 0.15) is 33.5 Å². The first kappa shape index (κ1) is 21.1. The molecule has 1 aromatic carbocycles. The number of nitro benzene ring substituents is 1. The standard InChI is InChI=1S/C21H21NO8/c1-20(2,3)21(4)29-18(23)15(19(24)30-21)10-13-7-9-17(28-13)14-8-6-12(27-5)11-16(14)22(25)26/h6-11H,1-5H3. The molecule has 9 heteroatoms. The van der Waals surface area contributed by atoms with Crippen molar-refractivity contribution in [2.45, 2.75) is 33.5 Å². The fourth-order valence-electron chi connectivity index (χ4n) is 2.71. The zero-order valence-electron chi connectivity index (χ0n) is 17.2. The van der Waals surface area contributed by atoms with Crippen molar-refractivity contribution in [3.05, 3.63) is 51.8 Å². The van der Waals surface area contributed by atoms with Gasteiger partial charge in [0.15, 0.2) is 0 Å². The molecule has 0 unspecified atom stereocenters. The summed E-state index contributed by atoms with van der Waals surface area (Å²) in [5.74, 6) is -2.43. The van der Waals surface area contributed by atoms with E-state index in [4.69, 9.17) is 18.6 Å². The minimum atomic E-state index is -1.41. The summed E-state index contributed by atoms with van der Waals surface area (Å²) in [5, 5.41) is 11.4. The number of ether oxygens (including phenoxy) is 3. The van der Waals surface area contributed by atoms with Crippen molar-refractivity contribution in [1.82, 2.24) is 0 Å². The van der Waals surface area contributed by atoms with E-state index in [1.54, 1.807) is 26.8 Å². The summed E-state index contributed by atoms with van der Waals surface area (Å²) in [6.45, 7) is 6.86. The van der Waals surface area contributed by atoms with Gasteiger partial charge in [0, 0.05) is 18.4 Å². The monoisotopic (exact) mass is 415 g/mol. The number of carbonyl (C=O) groups is 2. The Morgan fingerprint density at radius 1 is 1.10 bits per heavy atom. The van der Waals surface area contributed by atoms with Gasteiger partial charge in [0.25, 0.3) is 11.5 Å². The normalized spacial score (nSPS) is 19.2. The lowest BCUT2D eigenvalue weighted by molar-refractivity contribution is -0.384. The molecule has 1 saturated heterocycles. The summed E-state index contributed by atoms with van der Waals surface area (Å²) >= 11 is 0. The van der Waals surface area contributed by atoms with Crippen LogP contribution in [0.15, 0.2) is 40.3 Å². The SMILES string of the molecule is COc1ccc(-c2ccc(C=C3C(=O)OC(C)(C(C)(C)C)OC3=O)o2)c([N+](=O)[O-])c1. The number of nitro groups is 1. The number of rotatable bonds is 4. The predicted octanol–water partition coefficient (Wildman–Crippen LogP) is 4.11. The van der Waals surface area contributed by atoms with Gasteiger partial charge in [-0.25, -0.2) is 9.59 Å². The lowest BCUT2D eigenvalue weighted by Gasteiger charge is -2.42. The van der Waals surface area contributed by atoms with Gasteiger partial charge in [-0.15, -0.1) is 0 Å². The Bertz CT molecular complexity index is 1040. The lowest BCUT2D eigenvalue weighted by Crippen LogP contribution is -2.52. The van der Waals surface area contributed by atoms with Crippen LogP contribution in [-0.4, -0.2) is 29.8 Å². The molecule has 0 radical (unpaired) electrons. The van der Waals surface area contributed by atoms with Crippen LogP contribution in [0.25, 0.3) is 17.4 Å². The Hall–Kier alpha value is -3.62. The van der Waals surface area contributed by atoms with Crippen molar-refractivity contribution in [2.75, 3.05) is 7.11 Å². The molecule has 1 aliphatic rings. The zero-order chi connectivity index (χ0) is 22.3. The van der Waals surface area contributed by atoms with Crippen LogP contribution >= 0.6 is 0 Å². The number of hydrogen-bond donors (Lipinski definition) is 0. The number of methoxy groups -OCH3 is 1. The van der Waals surface area contributed by atoms with Crippen LogP contribution in [0.4, 0.5) is 5.69 Å². The van der Waals surface area contributed by atoms with Gasteiger partial charge in [-0.1, -0.05) is 20.8 Å². The summed E-state index contributed by atoms with van der Waals surface area (Å²) in [5.41, 5.74) is -0.948. The quantitative estimate of drug-likeness (QED) is 0.241. The predicted molar refractivity (Wildman–Crippen MR) is 105 cm³/mol. The van der Waals surface area contributed by atoms with E-state index in [0.717, 1.165) is 0 Å². The maximum Gasteiger partial charge on any atom is 0.349 e. The minimum absolute atomic E-state index is 0.137. The van der Waals surface area contributed by atoms with Gasteiger partial charge in [0.1, 0.15) is 22.8 Å². The second-order valence-corrected chi connectivity index (χ2v) is 7.87. The van der Waals surface area contributed by atoms with E-state index < -0.39 is 28.1 Å². The molecule has 0 bridgehead atoms. The largest absolute Gasteiger partial charge is 0.497 e. The van der Waals surface area contributed by atoms with E-state index in [1.807, 2.05) is 0 Å². The van der Waals surface area contributed by atoms with E-state index in [-0.39, 0.29) is 28.3 Å². The van der Waals surface area contributed by atoms with Gasteiger partial charge in [-0.05, 0) is 24.3 Å². The Morgan fingerprint density at radius 3 is 2.27 bits per heavy atom. The Kier molecular flexibility index (Phi) is 5.15. The highest BCUT2D eigenvalue weighted by atomic mass is 16.7. The van der Waals surface area contributed by atoms with Crippen LogP contribution in [0.5, 0.6) is 5.75 Å². The Labute approximate surface area is 172 Å². The Morgan fingerprint density at radius 2 is 1.73 bits per heavy atom. The summed E-state index contributed by atoms with van der Waals surface area (Å²) in [4.78, 5) is 35.7. The molecular weight excluding hydrogens is 394 g/mol. The average Bonchev–Trinajstić information content (AvgIpc) is 3.11. The number of furan rings is 1. The van der Waals surface area contributed by atoms with E-state index in [0.29, 0.717) is 5.75 Å². The number of nitrogens with zero attached hydrogens (tertiary/aromatic N) is 1. The molecule has 0 aliphatic carbocycles. The van der Waals surface area contributed by atoms with Crippen LogP contribution in [0.3, 0.4) is 0 Å². The summed E-state index contributed by atoms with van der Waals surface area (Å²) in [6.07, 6.45) is 1.19. The van der Waals surface area contributed by atoms with Crippen molar-refractivity contribution in [3.8, 4) is 17.1 Å². The molecule has 158 valence electrons. The van der Waals surface area contributed by atoms with E-state index in [2.05, 4.69) is 0 Å². The molecule has 1 aromatic heterocycles. The van der Waals surface area contributed by atoms with Gasteiger partial charge in [0.2, 0.25) is 0 Å². The second kappa shape index (κ2) is 7.33. The molecule has 0 atom stereocenters. The first-order valence-corrected chi connectivity index (χ1v) is 9.06. The third-order valence-corrected chi connectivity index (χ3v) is 4.96. The molecule has 0 N–H and O–H groups in total. The highest BCUT2D eigenvalue weighted by Crippen LogP contribution is 2.39. The number of hydrogen-bond acceptors (Lipinski definition) is 8. The average molecular weight is 415 g/mol. The van der Waals surface area contributed by atoms with Crippen LogP contribution in [0, 0.1) is 15.5 Å². The van der Waals surface area contributed by atoms with Crippen molar-refractivity contribution in [1.29, 1.82) is 0 Å². The van der Waals surface area contributed by atoms with E-state index in [1.165, 1.54) is 44.4 Å². The maximum absolute atomic E-state index is 12.4. The van der Waals surface area contributed by atoms with Crippen LogP contribution in [0.2, 0.25) is 0 Å². The van der Waals surface area contributed by atoms with Crippen LogP contribution in [-0.2, 0) is 19.1 Å². The fraction of sp³-hybridized carbons (Fsp3) is 0.333. The zero-order valence-corrected chi connectivity index (χ0v) is 17.2. The van der Waals surface area contributed by atoms with Gasteiger partial charge in [-0.2, -0.15) is 0 Å². The van der Waals surface area contributed by atoms with Crippen molar-refractivity contribution >= 4 is 23.7 Å².